The molecule has 0 unspecified atom stereocenters. The molecule has 3 heterocycles. The van der Waals surface area contributed by atoms with Gasteiger partial charge in [0.2, 0.25) is 0 Å². The summed E-state index contributed by atoms with van der Waals surface area (Å²) in [5, 5.41) is 7.23. The maximum Gasteiger partial charge on any atom is 0.256 e. The van der Waals surface area contributed by atoms with Gasteiger partial charge in [0.25, 0.3) is 5.91 Å². The molecule has 1 aliphatic rings. The number of hydrogen-bond acceptors (Lipinski definition) is 5. The van der Waals surface area contributed by atoms with Crippen molar-refractivity contribution in [3.8, 4) is 0 Å². The maximum atomic E-state index is 12.5. The van der Waals surface area contributed by atoms with E-state index >= 15 is 0 Å². The molecule has 25 heavy (non-hydrogen) atoms. The standard InChI is InChI=1S/C18H19N5O2/c1-13-2-4-14(5-3-13)18(24)21-15-12-17(22-8-10-25-11-9-22)23-16(20-15)6-7-19-23/h2-7,12H,8-11H2,1H3,(H,20,21,24). The number of rotatable bonds is 3. The van der Waals surface area contributed by atoms with Gasteiger partial charge in [0.1, 0.15) is 11.6 Å². The van der Waals surface area contributed by atoms with Crippen LogP contribution in [0, 0.1) is 6.92 Å². The molecule has 4 rings (SSSR count). The van der Waals surface area contributed by atoms with E-state index in [1.165, 1.54) is 0 Å². The molecule has 0 radical (unpaired) electrons. The Labute approximate surface area is 145 Å². The first kappa shape index (κ1) is 15.6. The minimum Gasteiger partial charge on any atom is -0.378 e. The topological polar surface area (TPSA) is 71.8 Å². The summed E-state index contributed by atoms with van der Waals surface area (Å²) in [7, 11) is 0. The first-order chi connectivity index (χ1) is 12.2. The van der Waals surface area contributed by atoms with Gasteiger partial charge in [-0.05, 0) is 19.1 Å². The highest BCUT2D eigenvalue weighted by Crippen LogP contribution is 2.21. The zero-order valence-corrected chi connectivity index (χ0v) is 14.0. The predicted octanol–water partition coefficient (Wildman–Crippen LogP) is 2.13. The van der Waals surface area contributed by atoms with Crippen molar-refractivity contribution in [2.45, 2.75) is 6.92 Å². The Morgan fingerprint density at radius 2 is 1.92 bits per heavy atom. The first-order valence-electron chi connectivity index (χ1n) is 8.26. The Morgan fingerprint density at radius 1 is 1.16 bits per heavy atom. The third-order valence-corrected chi connectivity index (χ3v) is 4.23. The average Bonchev–Trinajstić information content (AvgIpc) is 3.11. The van der Waals surface area contributed by atoms with E-state index in [2.05, 4.69) is 20.3 Å². The van der Waals surface area contributed by atoms with Crippen LogP contribution in [0.15, 0.2) is 42.6 Å². The number of aryl methyl sites for hydroxylation is 1. The highest BCUT2D eigenvalue weighted by atomic mass is 16.5. The summed E-state index contributed by atoms with van der Waals surface area (Å²) in [6.45, 7) is 4.91. The normalized spacial score (nSPS) is 14.7. The molecule has 0 spiro atoms. The van der Waals surface area contributed by atoms with E-state index in [4.69, 9.17) is 4.74 Å². The van der Waals surface area contributed by atoms with Crippen molar-refractivity contribution in [3.63, 3.8) is 0 Å². The van der Waals surface area contributed by atoms with E-state index < -0.39 is 0 Å². The molecule has 1 aliphatic heterocycles. The molecular formula is C18H19N5O2. The minimum absolute atomic E-state index is 0.177. The van der Waals surface area contributed by atoms with Gasteiger partial charge in [-0.3, -0.25) is 4.79 Å². The molecule has 0 bridgehead atoms. The number of hydrogen-bond donors (Lipinski definition) is 1. The minimum atomic E-state index is -0.177. The maximum absolute atomic E-state index is 12.5. The molecule has 1 N–H and O–H groups in total. The number of amides is 1. The van der Waals surface area contributed by atoms with Crippen molar-refractivity contribution in [3.05, 3.63) is 53.7 Å². The highest BCUT2D eigenvalue weighted by molar-refractivity contribution is 6.04. The van der Waals surface area contributed by atoms with Gasteiger partial charge in [0.05, 0.1) is 19.4 Å². The van der Waals surface area contributed by atoms with Crippen molar-refractivity contribution < 1.29 is 9.53 Å². The summed E-state index contributed by atoms with van der Waals surface area (Å²) < 4.78 is 7.20. The lowest BCUT2D eigenvalue weighted by Gasteiger charge is -2.29. The van der Waals surface area contributed by atoms with E-state index in [0.717, 1.165) is 24.5 Å². The molecule has 7 heteroatoms. The van der Waals surface area contributed by atoms with Gasteiger partial charge in [-0.2, -0.15) is 9.61 Å². The van der Waals surface area contributed by atoms with E-state index in [1.807, 2.05) is 43.3 Å². The molecule has 1 fully saturated rings. The van der Waals surface area contributed by atoms with Crippen LogP contribution in [-0.2, 0) is 4.74 Å². The number of carbonyl (C=O) groups is 1. The molecular weight excluding hydrogens is 318 g/mol. The largest absolute Gasteiger partial charge is 0.378 e. The van der Waals surface area contributed by atoms with E-state index in [1.54, 1.807) is 10.7 Å². The number of fused-ring (bicyclic) bond motifs is 1. The predicted molar refractivity (Wildman–Crippen MR) is 95.2 cm³/mol. The number of benzene rings is 1. The lowest BCUT2D eigenvalue weighted by atomic mass is 10.1. The smallest absolute Gasteiger partial charge is 0.256 e. The second kappa shape index (κ2) is 6.52. The van der Waals surface area contributed by atoms with Crippen molar-refractivity contribution in [1.29, 1.82) is 0 Å². The number of carbonyl (C=O) groups excluding carboxylic acids is 1. The number of nitrogens with one attached hydrogen (secondary N) is 1. The Hall–Kier alpha value is -2.93. The van der Waals surface area contributed by atoms with Crippen LogP contribution in [0.25, 0.3) is 5.65 Å². The molecule has 0 atom stereocenters. The number of anilines is 2. The van der Waals surface area contributed by atoms with Crippen molar-refractivity contribution >= 4 is 23.2 Å². The molecule has 1 aromatic carbocycles. The molecule has 1 saturated heterocycles. The third kappa shape index (κ3) is 3.18. The van der Waals surface area contributed by atoms with E-state index in [9.17, 15) is 4.79 Å². The highest BCUT2D eigenvalue weighted by Gasteiger charge is 2.17. The van der Waals surface area contributed by atoms with E-state index in [0.29, 0.717) is 30.2 Å². The molecule has 128 valence electrons. The van der Waals surface area contributed by atoms with Gasteiger partial charge in [-0.15, -0.1) is 0 Å². The summed E-state index contributed by atoms with van der Waals surface area (Å²) in [6, 6.07) is 11.1. The fraction of sp³-hybridized carbons (Fsp3) is 0.278. The Kier molecular flexibility index (Phi) is 4.07. The summed E-state index contributed by atoms with van der Waals surface area (Å²) in [5.74, 6) is 1.24. The number of ether oxygens (including phenoxy) is 1. The fourth-order valence-electron chi connectivity index (χ4n) is 2.87. The van der Waals surface area contributed by atoms with Crippen LogP contribution in [0.1, 0.15) is 15.9 Å². The molecule has 1 amide bonds. The lowest BCUT2D eigenvalue weighted by Crippen LogP contribution is -2.37. The van der Waals surface area contributed by atoms with Crippen LogP contribution in [0.2, 0.25) is 0 Å². The molecule has 3 aromatic rings. The van der Waals surface area contributed by atoms with Crippen LogP contribution in [0.4, 0.5) is 11.6 Å². The summed E-state index contributed by atoms with van der Waals surface area (Å²) in [5.41, 5.74) is 2.42. The quantitative estimate of drug-likeness (QED) is 0.793. The summed E-state index contributed by atoms with van der Waals surface area (Å²) >= 11 is 0. The monoisotopic (exact) mass is 337 g/mol. The number of morpholine rings is 1. The number of aromatic nitrogens is 3. The molecule has 7 nitrogen and oxygen atoms in total. The second-order valence-corrected chi connectivity index (χ2v) is 6.02. The Bertz CT molecular complexity index is 897. The average molecular weight is 337 g/mol. The fourth-order valence-corrected chi connectivity index (χ4v) is 2.87. The van der Waals surface area contributed by atoms with Crippen molar-refractivity contribution in [2.24, 2.45) is 0 Å². The van der Waals surface area contributed by atoms with Gasteiger partial charge in [0, 0.05) is 30.8 Å². The van der Waals surface area contributed by atoms with Crippen LogP contribution in [0.5, 0.6) is 0 Å². The lowest BCUT2D eigenvalue weighted by molar-refractivity contribution is 0.102. The van der Waals surface area contributed by atoms with Gasteiger partial charge in [-0.25, -0.2) is 4.98 Å². The van der Waals surface area contributed by atoms with Gasteiger partial charge < -0.3 is 15.0 Å². The Balaban J connectivity index is 1.65. The SMILES string of the molecule is Cc1ccc(C(=O)Nc2cc(N3CCOCC3)n3nccc3n2)cc1. The van der Waals surface area contributed by atoms with E-state index in [-0.39, 0.29) is 5.91 Å². The van der Waals surface area contributed by atoms with Crippen LogP contribution >= 0.6 is 0 Å². The first-order valence-corrected chi connectivity index (χ1v) is 8.26. The third-order valence-electron chi connectivity index (χ3n) is 4.23. The van der Waals surface area contributed by atoms with Crippen LogP contribution in [0.3, 0.4) is 0 Å². The molecule has 2 aromatic heterocycles. The van der Waals surface area contributed by atoms with Gasteiger partial charge in [0.15, 0.2) is 5.65 Å². The summed E-state index contributed by atoms with van der Waals surface area (Å²) in [6.07, 6.45) is 1.71. The van der Waals surface area contributed by atoms with Crippen LogP contribution < -0.4 is 10.2 Å². The molecule has 0 saturated carbocycles. The number of nitrogens with zero attached hydrogens (tertiary/aromatic N) is 4. The van der Waals surface area contributed by atoms with Crippen LogP contribution in [-0.4, -0.2) is 46.8 Å². The summed E-state index contributed by atoms with van der Waals surface area (Å²) in [4.78, 5) is 19.2. The zero-order valence-electron chi connectivity index (χ0n) is 14.0. The molecule has 0 aliphatic carbocycles. The second-order valence-electron chi connectivity index (χ2n) is 6.02. The van der Waals surface area contributed by atoms with Gasteiger partial charge in [-0.1, -0.05) is 17.7 Å². The van der Waals surface area contributed by atoms with Gasteiger partial charge >= 0.3 is 0 Å². The van der Waals surface area contributed by atoms with Crippen molar-refractivity contribution in [1.82, 2.24) is 14.6 Å². The van der Waals surface area contributed by atoms with Crippen molar-refractivity contribution in [2.75, 3.05) is 36.5 Å². The zero-order chi connectivity index (χ0) is 17.2. The Morgan fingerprint density at radius 3 is 2.68 bits per heavy atom.